The SMILES string of the molecule is CSN1CC(Nc2nonc2/C(N)=N/O)C1. The first-order chi connectivity index (χ1) is 7.74. The van der Waals surface area contributed by atoms with Crippen molar-refractivity contribution in [2.45, 2.75) is 6.04 Å². The zero-order valence-corrected chi connectivity index (χ0v) is 9.44. The normalized spacial score (nSPS) is 18.4. The van der Waals surface area contributed by atoms with Gasteiger partial charge in [-0.05, 0) is 16.6 Å². The maximum Gasteiger partial charge on any atom is 0.202 e. The van der Waals surface area contributed by atoms with E-state index in [1.165, 1.54) is 0 Å². The molecule has 0 unspecified atom stereocenters. The van der Waals surface area contributed by atoms with Crippen LogP contribution in [-0.2, 0) is 0 Å². The van der Waals surface area contributed by atoms with E-state index in [0.29, 0.717) is 5.82 Å². The average Bonchev–Trinajstić information content (AvgIpc) is 2.69. The van der Waals surface area contributed by atoms with Gasteiger partial charge in [0.15, 0.2) is 11.5 Å². The Morgan fingerprint density at radius 2 is 2.44 bits per heavy atom. The number of aromatic nitrogens is 2. The third-order valence-electron chi connectivity index (χ3n) is 2.29. The van der Waals surface area contributed by atoms with E-state index in [1.807, 2.05) is 6.26 Å². The fourth-order valence-electron chi connectivity index (χ4n) is 1.37. The maximum atomic E-state index is 8.53. The Hall–Kier alpha value is -1.48. The molecule has 0 saturated carbocycles. The van der Waals surface area contributed by atoms with Gasteiger partial charge in [0.05, 0.1) is 6.04 Å². The highest BCUT2D eigenvalue weighted by Gasteiger charge is 2.28. The van der Waals surface area contributed by atoms with Gasteiger partial charge in [0.1, 0.15) is 0 Å². The Bertz CT molecular complexity index is 388. The Balaban J connectivity index is 1.98. The number of rotatable bonds is 4. The van der Waals surface area contributed by atoms with Crippen molar-refractivity contribution in [3.05, 3.63) is 5.69 Å². The minimum Gasteiger partial charge on any atom is -0.409 e. The second-order valence-electron chi connectivity index (χ2n) is 3.32. The van der Waals surface area contributed by atoms with Crippen molar-refractivity contribution < 1.29 is 9.84 Å². The van der Waals surface area contributed by atoms with Gasteiger partial charge in [0.2, 0.25) is 5.82 Å². The molecule has 0 aromatic carbocycles. The zero-order chi connectivity index (χ0) is 11.5. The molecule has 1 aromatic heterocycles. The number of hydrogen-bond donors (Lipinski definition) is 3. The lowest BCUT2D eigenvalue weighted by atomic mass is 10.2. The molecule has 1 aliphatic rings. The topological polar surface area (TPSA) is 113 Å². The molecular weight excluding hydrogens is 232 g/mol. The van der Waals surface area contributed by atoms with E-state index >= 15 is 0 Å². The lowest BCUT2D eigenvalue weighted by molar-refractivity contribution is 0.297. The van der Waals surface area contributed by atoms with Crippen molar-refractivity contribution in [3.8, 4) is 0 Å². The molecule has 1 aliphatic heterocycles. The number of amidine groups is 1. The smallest absolute Gasteiger partial charge is 0.202 e. The number of hydrogen-bond acceptors (Lipinski definition) is 8. The van der Waals surface area contributed by atoms with Gasteiger partial charge in [-0.15, -0.1) is 0 Å². The predicted molar refractivity (Wildman–Crippen MR) is 59.3 cm³/mol. The molecule has 0 atom stereocenters. The lowest BCUT2D eigenvalue weighted by Gasteiger charge is -2.37. The van der Waals surface area contributed by atoms with E-state index in [1.54, 1.807) is 11.9 Å². The van der Waals surface area contributed by atoms with E-state index in [9.17, 15) is 0 Å². The fraction of sp³-hybridized carbons (Fsp3) is 0.571. The highest BCUT2D eigenvalue weighted by molar-refractivity contribution is 7.96. The number of nitrogens with one attached hydrogen (secondary N) is 1. The van der Waals surface area contributed by atoms with Gasteiger partial charge in [-0.3, -0.25) is 0 Å². The summed E-state index contributed by atoms with van der Waals surface area (Å²) in [6.45, 7) is 1.81. The van der Waals surface area contributed by atoms with Gasteiger partial charge in [-0.1, -0.05) is 17.1 Å². The molecule has 0 spiro atoms. The molecule has 0 radical (unpaired) electrons. The van der Waals surface area contributed by atoms with Crippen LogP contribution in [0, 0.1) is 0 Å². The average molecular weight is 244 g/mol. The summed E-state index contributed by atoms with van der Waals surface area (Å²) in [4.78, 5) is 0. The highest BCUT2D eigenvalue weighted by atomic mass is 32.2. The van der Waals surface area contributed by atoms with Crippen LogP contribution in [0.1, 0.15) is 5.69 Å². The van der Waals surface area contributed by atoms with Gasteiger partial charge < -0.3 is 16.3 Å². The first-order valence-corrected chi connectivity index (χ1v) is 5.78. The number of nitrogens with two attached hydrogens (primary N) is 1. The third kappa shape index (κ3) is 2.04. The van der Waals surface area contributed by atoms with Crippen LogP contribution in [-0.4, -0.2) is 51.0 Å². The van der Waals surface area contributed by atoms with Crippen molar-refractivity contribution in [1.82, 2.24) is 14.6 Å². The first-order valence-electron chi connectivity index (χ1n) is 4.60. The summed E-state index contributed by atoms with van der Waals surface area (Å²) >= 11 is 1.69. The molecule has 0 bridgehead atoms. The predicted octanol–water partition coefficient (Wildman–Crippen LogP) is -0.462. The van der Waals surface area contributed by atoms with Crippen LogP contribution >= 0.6 is 11.9 Å². The summed E-state index contributed by atoms with van der Waals surface area (Å²) in [5, 5.41) is 21.7. The first kappa shape index (κ1) is 11.0. The molecular formula is C7H12N6O2S. The number of nitrogens with zero attached hydrogens (tertiary/aromatic N) is 4. The van der Waals surface area contributed by atoms with Crippen molar-refractivity contribution in [3.63, 3.8) is 0 Å². The molecule has 9 heteroatoms. The largest absolute Gasteiger partial charge is 0.409 e. The molecule has 2 rings (SSSR count). The van der Waals surface area contributed by atoms with Gasteiger partial charge in [0.25, 0.3) is 0 Å². The van der Waals surface area contributed by atoms with Crippen LogP contribution in [0.5, 0.6) is 0 Å². The highest BCUT2D eigenvalue weighted by Crippen LogP contribution is 2.20. The molecule has 2 heterocycles. The van der Waals surface area contributed by atoms with E-state index in [-0.39, 0.29) is 17.6 Å². The molecule has 0 amide bonds. The summed E-state index contributed by atoms with van der Waals surface area (Å²) in [6.07, 6.45) is 2.02. The molecule has 4 N–H and O–H groups in total. The van der Waals surface area contributed by atoms with Gasteiger partial charge in [-0.2, -0.15) is 0 Å². The van der Waals surface area contributed by atoms with Crippen LogP contribution < -0.4 is 11.1 Å². The second-order valence-corrected chi connectivity index (χ2v) is 4.20. The molecule has 1 aromatic rings. The van der Waals surface area contributed by atoms with Crippen molar-refractivity contribution in [2.75, 3.05) is 24.7 Å². The molecule has 88 valence electrons. The van der Waals surface area contributed by atoms with Crippen molar-refractivity contribution in [1.29, 1.82) is 0 Å². The molecule has 16 heavy (non-hydrogen) atoms. The molecule has 1 fully saturated rings. The van der Waals surface area contributed by atoms with Crippen molar-refractivity contribution >= 4 is 23.6 Å². The van der Waals surface area contributed by atoms with E-state index in [4.69, 9.17) is 10.9 Å². The monoisotopic (exact) mass is 244 g/mol. The third-order valence-corrected chi connectivity index (χ3v) is 3.10. The van der Waals surface area contributed by atoms with Crippen LogP contribution in [0.25, 0.3) is 0 Å². The Morgan fingerprint density at radius 1 is 1.69 bits per heavy atom. The Morgan fingerprint density at radius 3 is 3.06 bits per heavy atom. The molecule has 1 saturated heterocycles. The van der Waals surface area contributed by atoms with E-state index in [0.717, 1.165) is 13.1 Å². The minimum atomic E-state index is -0.121. The quantitative estimate of drug-likeness (QED) is 0.214. The summed E-state index contributed by atoms with van der Waals surface area (Å²) in [7, 11) is 0. The standard InChI is InChI=1S/C7H12N6O2S/c1-16-13-2-4(3-13)9-7-5(6(8)10-14)11-15-12-7/h4,14H,2-3H2,1H3,(H2,8,10)(H,9,12). The minimum absolute atomic E-state index is 0.121. The van der Waals surface area contributed by atoms with Gasteiger partial charge >= 0.3 is 0 Å². The van der Waals surface area contributed by atoms with Gasteiger partial charge in [-0.25, -0.2) is 8.93 Å². The Labute approximate surface area is 95.9 Å². The van der Waals surface area contributed by atoms with E-state index < -0.39 is 0 Å². The summed E-state index contributed by atoms with van der Waals surface area (Å²) in [6, 6.07) is 0.282. The number of oxime groups is 1. The maximum absolute atomic E-state index is 8.53. The summed E-state index contributed by atoms with van der Waals surface area (Å²) in [5.41, 5.74) is 5.64. The zero-order valence-electron chi connectivity index (χ0n) is 8.62. The van der Waals surface area contributed by atoms with Crippen molar-refractivity contribution in [2.24, 2.45) is 10.9 Å². The molecule has 8 nitrogen and oxygen atoms in total. The van der Waals surface area contributed by atoms with Gasteiger partial charge in [0, 0.05) is 13.1 Å². The fourth-order valence-corrected chi connectivity index (χ4v) is 2.03. The molecule has 0 aliphatic carbocycles. The lowest BCUT2D eigenvalue weighted by Crippen LogP contribution is -2.51. The van der Waals surface area contributed by atoms with E-state index in [2.05, 4.69) is 29.7 Å². The Kier molecular flexibility index (Phi) is 3.15. The summed E-state index contributed by atoms with van der Waals surface area (Å²) in [5.74, 6) is 0.283. The van der Waals surface area contributed by atoms with Crippen LogP contribution in [0.3, 0.4) is 0 Å². The number of anilines is 1. The van der Waals surface area contributed by atoms with Crippen LogP contribution in [0.2, 0.25) is 0 Å². The van der Waals surface area contributed by atoms with Crippen LogP contribution in [0.15, 0.2) is 9.78 Å². The summed E-state index contributed by atoms with van der Waals surface area (Å²) < 4.78 is 6.73. The van der Waals surface area contributed by atoms with Crippen LogP contribution in [0.4, 0.5) is 5.82 Å². The second kappa shape index (κ2) is 4.58.